The SMILES string of the molecule is NC(=Nc1ccn(C(=O)OCc2ccccc2)n1)C(=O)O. The number of hydrogen-bond acceptors (Lipinski definition) is 5. The Balaban J connectivity index is 1.99. The highest BCUT2D eigenvalue weighted by Crippen LogP contribution is 2.08. The molecule has 2 aromatic rings. The number of carbonyl (C=O) groups excluding carboxylic acids is 1. The van der Waals surface area contributed by atoms with Gasteiger partial charge in [0, 0.05) is 12.3 Å². The fourth-order valence-electron chi connectivity index (χ4n) is 1.43. The Morgan fingerprint density at radius 1 is 1.29 bits per heavy atom. The van der Waals surface area contributed by atoms with Crippen molar-refractivity contribution in [1.29, 1.82) is 0 Å². The first kappa shape index (κ1) is 14.3. The van der Waals surface area contributed by atoms with Crippen LogP contribution in [0.3, 0.4) is 0 Å². The maximum Gasteiger partial charge on any atom is 0.435 e. The van der Waals surface area contributed by atoms with Gasteiger partial charge in [-0.05, 0) is 5.56 Å². The molecule has 21 heavy (non-hydrogen) atoms. The van der Waals surface area contributed by atoms with E-state index >= 15 is 0 Å². The number of ether oxygens (including phenoxy) is 1. The number of nitrogens with zero attached hydrogens (tertiary/aromatic N) is 3. The molecule has 0 amide bonds. The Morgan fingerprint density at radius 3 is 2.67 bits per heavy atom. The van der Waals surface area contributed by atoms with Gasteiger partial charge in [0.05, 0.1) is 0 Å². The minimum absolute atomic E-state index is 0.00608. The number of aliphatic carboxylic acids is 1. The van der Waals surface area contributed by atoms with Crippen molar-refractivity contribution < 1.29 is 19.4 Å². The zero-order valence-electron chi connectivity index (χ0n) is 10.8. The van der Waals surface area contributed by atoms with Crippen LogP contribution in [0.25, 0.3) is 0 Å². The van der Waals surface area contributed by atoms with E-state index in [1.54, 1.807) is 0 Å². The molecule has 0 unspecified atom stereocenters. The summed E-state index contributed by atoms with van der Waals surface area (Å²) in [6.45, 7) is 0.107. The molecule has 3 N–H and O–H groups in total. The van der Waals surface area contributed by atoms with Gasteiger partial charge < -0.3 is 15.6 Å². The quantitative estimate of drug-likeness (QED) is 0.645. The molecule has 0 aliphatic carbocycles. The van der Waals surface area contributed by atoms with Crippen molar-refractivity contribution in [3.8, 4) is 0 Å². The monoisotopic (exact) mass is 288 g/mol. The van der Waals surface area contributed by atoms with Crippen molar-refractivity contribution in [3.63, 3.8) is 0 Å². The molecule has 0 spiro atoms. The van der Waals surface area contributed by atoms with Crippen LogP contribution < -0.4 is 5.73 Å². The van der Waals surface area contributed by atoms with E-state index in [1.165, 1.54) is 12.3 Å². The van der Waals surface area contributed by atoms with Gasteiger partial charge in [0.25, 0.3) is 0 Å². The lowest BCUT2D eigenvalue weighted by Gasteiger charge is -2.03. The van der Waals surface area contributed by atoms with Crippen molar-refractivity contribution >= 4 is 23.7 Å². The average molecular weight is 288 g/mol. The number of amidine groups is 1. The minimum atomic E-state index is -1.36. The maximum atomic E-state index is 11.7. The fraction of sp³-hybridized carbons (Fsp3) is 0.0769. The van der Waals surface area contributed by atoms with Gasteiger partial charge in [-0.15, -0.1) is 5.10 Å². The maximum absolute atomic E-state index is 11.7. The van der Waals surface area contributed by atoms with Gasteiger partial charge in [0.1, 0.15) is 6.61 Å². The molecule has 0 aliphatic rings. The van der Waals surface area contributed by atoms with Gasteiger partial charge >= 0.3 is 12.1 Å². The fourth-order valence-corrected chi connectivity index (χ4v) is 1.43. The summed E-state index contributed by atoms with van der Waals surface area (Å²) < 4.78 is 5.96. The third-order valence-corrected chi connectivity index (χ3v) is 2.42. The van der Waals surface area contributed by atoms with Gasteiger partial charge in [0.15, 0.2) is 5.82 Å². The van der Waals surface area contributed by atoms with E-state index in [-0.39, 0.29) is 12.4 Å². The first-order valence-corrected chi connectivity index (χ1v) is 5.90. The van der Waals surface area contributed by atoms with Crippen LogP contribution in [-0.4, -0.2) is 32.8 Å². The normalized spacial score (nSPS) is 11.1. The van der Waals surface area contributed by atoms with Gasteiger partial charge in [-0.2, -0.15) is 4.68 Å². The number of nitrogens with two attached hydrogens (primary N) is 1. The van der Waals surface area contributed by atoms with Gasteiger partial charge in [0.2, 0.25) is 5.84 Å². The molecule has 0 atom stereocenters. The lowest BCUT2D eigenvalue weighted by atomic mass is 10.2. The number of benzene rings is 1. The van der Waals surface area contributed by atoms with Crippen LogP contribution in [0.4, 0.5) is 10.6 Å². The van der Waals surface area contributed by atoms with Crippen LogP contribution in [0.15, 0.2) is 47.6 Å². The van der Waals surface area contributed by atoms with Crippen LogP contribution in [0.5, 0.6) is 0 Å². The summed E-state index contributed by atoms with van der Waals surface area (Å²) in [5, 5.41) is 12.3. The summed E-state index contributed by atoms with van der Waals surface area (Å²) in [4.78, 5) is 25.8. The molecule has 2 rings (SSSR count). The number of rotatable bonds is 3. The van der Waals surface area contributed by atoms with E-state index in [2.05, 4.69) is 10.1 Å². The number of aromatic nitrogens is 2. The average Bonchev–Trinajstić information content (AvgIpc) is 2.94. The van der Waals surface area contributed by atoms with Crippen LogP contribution in [-0.2, 0) is 16.1 Å². The second-order valence-corrected chi connectivity index (χ2v) is 3.96. The van der Waals surface area contributed by atoms with E-state index in [1.807, 2.05) is 30.3 Å². The molecule has 0 fully saturated rings. The molecule has 108 valence electrons. The Labute approximate surface area is 119 Å². The first-order valence-electron chi connectivity index (χ1n) is 5.90. The predicted molar refractivity (Wildman–Crippen MR) is 73.2 cm³/mol. The van der Waals surface area contributed by atoms with Crippen molar-refractivity contribution in [2.45, 2.75) is 6.61 Å². The number of carboxylic acids is 1. The van der Waals surface area contributed by atoms with Crippen LogP contribution in [0, 0.1) is 0 Å². The van der Waals surface area contributed by atoms with Crippen molar-refractivity contribution in [3.05, 3.63) is 48.2 Å². The Bertz CT molecular complexity index is 678. The molecule has 0 radical (unpaired) electrons. The molecular weight excluding hydrogens is 276 g/mol. The Kier molecular flexibility index (Phi) is 4.30. The largest absolute Gasteiger partial charge is 0.475 e. The summed E-state index contributed by atoms with van der Waals surface area (Å²) in [6.07, 6.45) is 0.607. The van der Waals surface area contributed by atoms with Gasteiger partial charge in [-0.1, -0.05) is 30.3 Å². The lowest BCUT2D eigenvalue weighted by Crippen LogP contribution is -2.22. The topological polar surface area (TPSA) is 120 Å². The molecular formula is C13H12N4O4. The van der Waals surface area contributed by atoms with Crippen molar-refractivity contribution in [1.82, 2.24) is 9.78 Å². The molecule has 8 heteroatoms. The van der Waals surface area contributed by atoms with E-state index in [0.29, 0.717) is 0 Å². The predicted octanol–water partition coefficient (Wildman–Crippen LogP) is 1.14. The molecule has 8 nitrogen and oxygen atoms in total. The number of carbonyl (C=O) groups is 2. The van der Waals surface area contributed by atoms with Gasteiger partial charge in [-0.3, -0.25) is 0 Å². The number of carboxylic acid groups (broad SMARTS) is 1. The molecule has 1 aromatic heterocycles. The lowest BCUT2D eigenvalue weighted by molar-refractivity contribution is -0.129. The third kappa shape index (κ3) is 3.90. The number of aliphatic imine (C=N–C) groups is 1. The third-order valence-electron chi connectivity index (χ3n) is 2.42. The molecule has 1 aromatic carbocycles. The van der Waals surface area contributed by atoms with E-state index in [0.717, 1.165) is 10.2 Å². The second kappa shape index (κ2) is 6.33. The summed E-state index contributed by atoms with van der Waals surface area (Å²) in [7, 11) is 0. The van der Waals surface area contributed by atoms with Crippen molar-refractivity contribution in [2.24, 2.45) is 10.7 Å². The van der Waals surface area contributed by atoms with E-state index < -0.39 is 17.9 Å². The smallest absolute Gasteiger partial charge is 0.435 e. The zero-order valence-corrected chi connectivity index (χ0v) is 10.8. The standard InChI is InChI=1S/C13H12N4O4/c14-11(12(18)19)15-10-6-7-17(16-10)13(20)21-8-9-4-2-1-3-5-9/h1-7H,8H2,(H,18,19)(H2,14,15,16). The highest BCUT2D eigenvalue weighted by atomic mass is 16.6. The zero-order chi connectivity index (χ0) is 15.2. The summed E-state index contributed by atoms with van der Waals surface area (Å²) in [6, 6.07) is 10.5. The van der Waals surface area contributed by atoms with Crippen LogP contribution in [0.1, 0.15) is 5.56 Å². The molecule has 1 heterocycles. The van der Waals surface area contributed by atoms with E-state index in [9.17, 15) is 9.59 Å². The van der Waals surface area contributed by atoms with Gasteiger partial charge in [-0.25, -0.2) is 14.6 Å². The first-order chi connectivity index (χ1) is 10.1. The Hall–Kier alpha value is -3.16. The summed E-state index contributed by atoms with van der Waals surface area (Å²) >= 11 is 0. The highest BCUT2D eigenvalue weighted by molar-refractivity contribution is 6.34. The summed E-state index contributed by atoms with van der Waals surface area (Å²) in [5.41, 5.74) is 5.99. The van der Waals surface area contributed by atoms with Crippen molar-refractivity contribution in [2.75, 3.05) is 0 Å². The van der Waals surface area contributed by atoms with Crippen LogP contribution >= 0.6 is 0 Å². The number of hydrogen-bond donors (Lipinski definition) is 2. The molecule has 0 saturated carbocycles. The second-order valence-electron chi connectivity index (χ2n) is 3.96. The molecule has 0 bridgehead atoms. The highest BCUT2D eigenvalue weighted by Gasteiger charge is 2.10. The minimum Gasteiger partial charge on any atom is -0.475 e. The molecule has 0 saturated heterocycles. The van der Waals surface area contributed by atoms with Crippen LogP contribution in [0.2, 0.25) is 0 Å². The molecule has 0 aliphatic heterocycles. The summed E-state index contributed by atoms with van der Waals surface area (Å²) in [5.74, 6) is -1.97. The van der Waals surface area contributed by atoms with E-state index in [4.69, 9.17) is 15.6 Å². The Morgan fingerprint density at radius 2 is 2.00 bits per heavy atom.